The van der Waals surface area contributed by atoms with Crippen molar-refractivity contribution < 1.29 is 23.7 Å². The van der Waals surface area contributed by atoms with Gasteiger partial charge in [-0.15, -0.1) is 0 Å². The van der Waals surface area contributed by atoms with E-state index in [4.69, 9.17) is 18.9 Å². The number of para-hydroxylation sites is 1. The first kappa shape index (κ1) is 17.0. The van der Waals surface area contributed by atoms with E-state index >= 15 is 0 Å². The Morgan fingerprint density at radius 1 is 0.960 bits per heavy atom. The van der Waals surface area contributed by atoms with Gasteiger partial charge < -0.3 is 24.3 Å². The van der Waals surface area contributed by atoms with E-state index in [0.717, 1.165) is 11.1 Å². The lowest BCUT2D eigenvalue weighted by Crippen LogP contribution is -2.24. The number of carbonyl (C=O) groups is 1. The summed E-state index contributed by atoms with van der Waals surface area (Å²) in [7, 11) is 6.37. The molecule has 0 unspecified atom stereocenters. The topological polar surface area (TPSA) is 66.0 Å². The molecule has 1 heterocycles. The smallest absolute Gasteiger partial charge is 0.225 e. The molecule has 2 aromatic carbocycles. The highest BCUT2D eigenvalue weighted by atomic mass is 16.5. The highest BCUT2D eigenvalue weighted by Crippen LogP contribution is 2.48. The van der Waals surface area contributed by atoms with Crippen LogP contribution < -0.4 is 24.3 Å². The van der Waals surface area contributed by atoms with Crippen LogP contribution in [0, 0.1) is 0 Å². The van der Waals surface area contributed by atoms with E-state index in [0.29, 0.717) is 35.1 Å². The molecule has 6 nitrogen and oxygen atoms in total. The summed E-state index contributed by atoms with van der Waals surface area (Å²) in [5.41, 5.74) is 2.46. The fraction of sp³-hybridized carbons (Fsp3) is 0.316. The summed E-state index contributed by atoms with van der Waals surface area (Å²) in [5, 5.41) is 2.90. The molecule has 1 amide bonds. The van der Waals surface area contributed by atoms with Crippen molar-refractivity contribution in [3.63, 3.8) is 0 Å². The van der Waals surface area contributed by atoms with Gasteiger partial charge in [0.1, 0.15) is 11.5 Å². The number of hydrogen-bond acceptors (Lipinski definition) is 5. The third-order valence-electron chi connectivity index (χ3n) is 4.39. The molecule has 1 aliphatic rings. The normalized spacial score (nSPS) is 15.8. The molecule has 2 aromatic rings. The Labute approximate surface area is 146 Å². The van der Waals surface area contributed by atoms with Gasteiger partial charge >= 0.3 is 0 Å². The summed E-state index contributed by atoms with van der Waals surface area (Å²) >= 11 is 0. The van der Waals surface area contributed by atoms with Crippen molar-refractivity contribution in [1.29, 1.82) is 0 Å². The minimum atomic E-state index is -0.213. The fourth-order valence-corrected chi connectivity index (χ4v) is 3.29. The summed E-state index contributed by atoms with van der Waals surface area (Å²) < 4.78 is 21.8. The number of nitrogens with one attached hydrogen (secondary N) is 1. The third-order valence-corrected chi connectivity index (χ3v) is 4.39. The van der Waals surface area contributed by atoms with Crippen LogP contribution in [0.3, 0.4) is 0 Å². The monoisotopic (exact) mass is 343 g/mol. The van der Waals surface area contributed by atoms with Crippen molar-refractivity contribution in [1.82, 2.24) is 0 Å². The lowest BCUT2D eigenvalue weighted by molar-refractivity contribution is -0.116. The summed E-state index contributed by atoms with van der Waals surface area (Å²) in [6.45, 7) is 0. The van der Waals surface area contributed by atoms with Gasteiger partial charge in [0, 0.05) is 35.6 Å². The zero-order valence-corrected chi connectivity index (χ0v) is 14.7. The standard InChI is InChI=1S/C19H21NO5/c1-22-11-8-14-18(16(9-11)24-3)13(10-17(21)20-14)12-6-5-7-15(23-2)19(12)25-4/h5-9,13H,10H2,1-4H3,(H,20,21)/t13-/m0/s1. The quantitative estimate of drug-likeness (QED) is 0.903. The molecule has 1 atom stereocenters. The minimum Gasteiger partial charge on any atom is -0.497 e. The second kappa shape index (κ2) is 6.93. The van der Waals surface area contributed by atoms with Crippen molar-refractivity contribution in [3.8, 4) is 23.0 Å². The Balaban J connectivity index is 2.22. The van der Waals surface area contributed by atoms with Crippen molar-refractivity contribution in [2.24, 2.45) is 0 Å². The molecule has 1 N–H and O–H groups in total. The van der Waals surface area contributed by atoms with Crippen molar-refractivity contribution in [2.75, 3.05) is 33.8 Å². The highest BCUT2D eigenvalue weighted by Gasteiger charge is 2.33. The highest BCUT2D eigenvalue weighted by molar-refractivity contribution is 5.96. The van der Waals surface area contributed by atoms with Crippen molar-refractivity contribution in [3.05, 3.63) is 41.5 Å². The molecule has 0 bridgehead atoms. The van der Waals surface area contributed by atoms with E-state index in [1.165, 1.54) is 0 Å². The summed E-state index contributed by atoms with van der Waals surface area (Å²) in [6.07, 6.45) is 0.291. The van der Waals surface area contributed by atoms with Gasteiger partial charge in [0.15, 0.2) is 11.5 Å². The molecule has 1 aliphatic heterocycles. The number of rotatable bonds is 5. The van der Waals surface area contributed by atoms with Gasteiger partial charge in [0.2, 0.25) is 5.91 Å². The number of anilines is 1. The zero-order valence-electron chi connectivity index (χ0n) is 14.7. The summed E-state index contributed by atoms with van der Waals surface area (Å²) in [4.78, 5) is 12.3. The van der Waals surface area contributed by atoms with Crippen LogP contribution in [0.2, 0.25) is 0 Å². The number of fused-ring (bicyclic) bond motifs is 1. The van der Waals surface area contributed by atoms with Crippen LogP contribution in [0.5, 0.6) is 23.0 Å². The van der Waals surface area contributed by atoms with E-state index in [2.05, 4.69) is 5.32 Å². The van der Waals surface area contributed by atoms with Gasteiger partial charge in [0.05, 0.1) is 34.1 Å². The van der Waals surface area contributed by atoms with Crippen molar-refractivity contribution >= 4 is 11.6 Å². The molecule has 0 saturated heterocycles. The van der Waals surface area contributed by atoms with Gasteiger partial charge in [-0.3, -0.25) is 4.79 Å². The SMILES string of the molecule is COc1cc2c(c(OC)c1)[C@H](c1cccc(OC)c1OC)CC(=O)N2. The van der Waals surface area contributed by atoms with Crippen LogP contribution in [-0.4, -0.2) is 34.3 Å². The second-order valence-electron chi connectivity index (χ2n) is 5.68. The van der Waals surface area contributed by atoms with E-state index in [9.17, 15) is 4.79 Å². The molecule has 0 spiro atoms. The Morgan fingerprint density at radius 2 is 1.72 bits per heavy atom. The van der Waals surface area contributed by atoms with E-state index < -0.39 is 0 Å². The van der Waals surface area contributed by atoms with E-state index in [-0.39, 0.29) is 11.8 Å². The Hall–Kier alpha value is -2.89. The van der Waals surface area contributed by atoms with Gasteiger partial charge in [-0.2, -0.15) is 0 Å². The minimum absolute atomic E-state index is 0.0716. The van der Waals surface area contributed by atoms with Gasteiger partial charge in [-0.1, -0.05) is 12.1 Å². The first-order valence-corrected chi connectivity index (χ1v) is 7.89. The summed E-state index contributed by atoms with van der Waals surface area (Å²) in [5.74, 6) is 2.24. The van der Waals surface area contributed by atoms with Gasteiger partial charge in [0.25, 0.3) is 0 Å². The first-order valence-electron chi connectivity index (χ1n) is 7.89. The van der Waals surface area contributed by atoms with Crippen LogP contribution in [0.15, 0.2) is 30.3 Å². The molecule has 6 heteroatoms. The van der Waals surface area contributed by atoms with E-state index in [1.54, 1.807) is 34.5 Å². The van der Waals surface area contributed by atoms with Crippen LogP contribution >= 0.6 is 0 Å². The number of amides is 1. The molecule has 0 aromatic heterocycles. The second-order valence-corrected chi connectivity index (χ2v) is 5.68. The van der Waals surface area contributed by atoms with Crippen LogP contribution in [0.1, 0.15) is 23.5 Å². The molecular weight excluding hydrogens is 322 g/mol. The molecule has 25 heavy (non-hydrogen) atoms. The molecular formula is C19H21NO5. The third kappa shape index (κ3) is 2.95. The number of carbonyl (C=O) groups excluding carboxylic acids is 1. The number of benzene rings is 2. The van der Waals surface area contributed by atoms with E-state index in [1.807, 2.05) is 24.3 Å². The Bertz CT molecular complexity index is 803. The number of ether oxygens (including phenoxy) is 4. The van der Waals surface area contributed by atoms with Crippen LogP contribution in [0.25, 0.3) is 0 Å². The Kier molecular flexibility index (Phi) is 4.70. The lowest BCUT2D eigenvalue weighted by Gasteiger charge is -2.29. The van der Waals surface area contributed by atoms with Crippen LogP contribution in [0.4, 0.5) is 5.69 Å². The lowest BCUT2D eigenvalue weighted by atomic mass is 9.83. The van der Waals surface area contributed by atoms with Crippen LogP contribution in [-0.2, 0) is 4.79 Å². The number of methoxy groups -OCH3 is 4. The summed E-state index contributed by atoms with van der Waals surface area (Å²) in [6, 6.07) is 9.28. The molecule has 132 valence electrons. The average Bonchev–Trinajstić information content (AvgIpc) is 2.65. The first-order chi connectivity index (χ1) is 12.1. The molecule has 0 saturated carbocycles. The molecule has 0 radical (unpaired) electrons. The zero-order chi connectivity index (χ0) is 18.0. The fourth-order valence-electron chi connectivity index (χ4n) is 3.29. The molecule has 0 aliphatic carbocycles. The Morgan fingerprint density at radius 3 is 2.36 bits per heavy atom. The predicted molar refractivity (Wildman–Crippen MR) is 94.2 cm³/mol. The maximum atomic E-state index is 12.3. The predicted octanol–water partition coefficient (Wildman–Crippen LogP) is 3.20. The molecule has 0 fully saturated rings. The maximum absolute atomic E-state index is 12.3. The molecule has 3 rings (SSSR count). The van der Waals surface area contributed by atoms with Crippen molar-refractivity contribution in [2.45, 2.75) is 12.3 Å². The largest absolute Gasteiger partial charge is 0.497 e. The maximum Gasteiger partial charge on any atom is 0.225 e. The van der Waals surface area contributed by atoms with Gasteiger partial charge in [-0.05, 0) is 6.07 Å². The number of hydrogen-bond donors (Lipinski definition) is 1. The average molecular weight is 343 g/mol. The van der Waals surface area contributed by atoms with Gasteiger partial charge in [-0.25, -0.2) is 0 Å².